The van der Waals surface area contributed by atoms with Gasteiger partial charge < -0.3 is 16.6 Å². The minimum Gasteiger partial charge on any atom is -0.476 e. The number of aromatic nitrogens is 4. The molecule has 0 unspecified atom stereocenters. The van der Waals surface area contributed by atoms with Crippen molar-refractivity contribution in [3.63, 3.8) is 0 Å². The molecule has 0 atom stereocenters. The number of nitrogen functional groups attached to an aromatic ring is 2. The first-order valence-corrected chi connectivity index (χ1v) is 4.29. The summed E-state index contributed by atoms with van der Waals surface area (Å²) in [6.07, 6.45) is 0. The zero-order chi connectivity index (χ0) is 11.9. The van der Waals surface area contributed by atoms with Crippen molar-refractivity contribution in [3.8, 4) is 0 Å². The van der Waals surface area contributed by atoms with Crippen molar-refractivity contribution in [2.75, 3.05) is 11.5 Å². The van der Waals surface area contributed by atoms with Crippen LogP contribution in [0.25, 0.3) is 11.2 Å². The molecule has 16 heavy (non-hydrogen) atoms. The highest BCUT2D eigenvalue weighted by atomic mass is 16.4. The first-order chi connectivity index (χ1) is 7.49. The molecule has 0 fully saturated rings. The topological polar surface area (TPSA) is 141 Å². The van der Waals surface area contributed by atoms with E-state index in [1.165, 1.54) is 6.92 Å². The summed E-state index contributed by atoms with van der Waals surface area (Å²) >= 11 is 0. The monoisotopic (exact) mass is 220 g/mol. The lowest BCUT2D eigenvalue weighted by Gasteiger charge is -2.04. The third-order valence-electron chi connectivity index (χ3n) is 1.95. The average Bonchev–Trinajstić information content (AvgIpc) is 2.15. The Morgan fingerprint density at radius 2 is 1.88 bits per heavy atom. The van der Waals surface area contributed by atoms with Gasteiger partial charge in [-0.25, -0.2) is 14.8 Å². The lowest BCUT2D eigenvalue weighted by atomic mass is 10.3. The van der Waals surface area contributed by atoms with Gasteiger partial charge >= 0.3 is 5.97 Å². The number of hydrogen-bond acceptors (Lipinski definition) is 7. The second-order valence-corrected chi connectivity index (χ2v) is 3.10. The van der Waals surface area contributed by atoms with Crippen molar-refractivity contribution < 1.29 is 9.90 Å². The van der Waals surface area contributed by atoms with Crippen LogP contribution in [0, 0.1) is 6.92 Å². The number of hydrogen-bond donors (Lipinski definition) is 3. The SMILES string of the molecule is Cc1nc2nc(N)nc(N)c2nc1C(=O)O. The molecule has 0 aliphatic carbocycles. The van der Waals surface area contributed by atoms with Gasteiger partial charge in [-0.05, 0) is 6.92 Å². The van der Waals surface area contributed by atoms with E-state index in [9.17, 15) is 4.79 Å². The van der Waals surface area contributed by atoms with E-state index in [0.717, 1.165) is 0 Å². The highest BCUT2D eigenvalue weighted by molar-refractivity contribution is 5.91. The number of anilines is 2. The van der Waals surface area contributed by atoms with Crippen molar-refractivity contribution in [2.24, 2.45) is 0 Å². The number of carbonyl (C=O) groups is 1. The lowest BCUT2D eigenvalue weighted by Crippen LogP contribution is -2.09. The number of carboxylic acid groups (broad SMARTS) is 1. The van der Waals surface area contributed by atoms with Crippen LogP contribution in [0.4, 0.5) is 11.8 Å². The van der Waals surface area contributed by atoms with Crippen LogP contribution in [-0.2, 0) is 0 Å². The molecule has 2 rings (SSSR count). The average molecular weight is 220 g/mol. The third kappa shape index (κ3) is 1.45. The summed E-state index contributed by atoms with van der Waals surface area (Å²) in [5.74, 6) is -1.19. The van der Waals surface area contributed by atoms with Crippen molar-refractivity contribution >= 4 is 28.9 Å². The van der Waals surface area contributed by atoms with Gasteiger partial charge in [-0.3, -0.25) is 0 Å². The molecule has 2 heterocycles. The van der Waals surface area contributed by atoms with E-state index in [0.29, 0.717) is 0 Å². The summed E-state index contributed by atoms with van der Waals surface area (Å²) in [6.45, 7) is 1.52. The Balaban J connectivity index is 2.84. The van der Waals surface area contributed by atoms with Gasteiger partial charge in [-0.15, -0.1) is 0 Å². The normalized spacial score (nSPS) is 10.6. The maximum atomic E-state index is 10.8. The van der Waals surface area contributed by atoms with Crippen LogP contribution in [0.15, 0.2) is 0 Å². The van der Waals surface area contributed by atoms with Gasteiger partial charge in [0.25, 0.3) is 0 Å². The van der Waals surface area contributed by atoms with Crippen LogP contribution in [0.1, 0.15) is 16.2 Å². The standard InChI is InChI=1S/C8H8N6O2/c1-2-3(7(15)16)12-4-5(9)13-8(10)14-6(4)11-2/h1H3,(H,15,16)(H4,9,10,11,13,14). The highest BCUT2D eigenvalue weighted by Gasteiger charge is 2.15. The van der Waals surface area contributed by atoms with Gasteiger partial charge in [0, 0.05) is 0 Å². The molecule has 8 nitrogen and oxygen atoms in total. The molecule has 8 heteroatoms. The summed E-state index contributed by atoms with van der Waals surface area (Å²) in [7, 11) is 0. The Hall–Kier alpha value is -2.51. The molecule has 0 aliphatic rings. The first kappa shape index (κ1) is 10.0. The molecule has 82 valence electrons. The van der Waals surface area contributed by atoms with E-state index >= 15 is 0 Å². The number of rotatable bonds is 1. The Morgan fingerprint density at radius 1 is 1.19 bits per heavy atom. The molecular weight excluding hydrogens is 212 g/mol. The Morgan fingerprint density at radius 3 is 2.50 bits per heavy atom. The summed E-state index contributed by atoms with van der Waals surface area (Å²) in [5.41, 5.74) is 11.3. The number of nitrogens with two attached hydrogens (primary N) is 2. The maximum Gasteiger partial charge on any atom is 0.356 e. The Labute approximate surface area is 89.4 Å². The second-order valence-electron chi connectivity index (χ2n) is 3.10. The lowest BCUT2D eigenvalue weighted by molar-refractivity contribution is 0.0689. The van der Waals surface area contributed by atoms with Crippen LogP contribution in [0.3, 0.4) is 0 Å². The van der Waals surface area contributed by atoms with Gasteiger partial charge in [0.15, 0.2) is 22.7 Å². The third-order valence-corrected chi connectivity index (χ3v) is 1.95. The first-order valence-electron chi connectivity index (χ1n) is 4.29. The fourth-order valence-electron chi connectivity index (χ4n) is 1.27. The van der Waals surface area contributed by atoms with Crippen LogP contribution in [0.2, 0.25) is 0 Å². The van der Waals surface area contributed by atoms with Gasteiger partial charge in [-0.2, -0.15) is 9.97 Å². The number of fused-ring (bicyclic) bond motifs is 1. The molecule has 0 spiro atoms. The van der Waals surface area contributed by atoms with E-state index in [1.54, 1.807) is 0 Å². The molecule has 0 aliphatic heterocycles. The number of carboxylic acids is 1. The van der Waals surface area contributed by atoms with Gasteiger partial charge in [0.1, 0.15) is 0 Å². The van der Waals surface area contributed by atoms with Crippen LogP contribution >= 0.6 is 0 Å². The number of aromatic carboxylic acids is 1. The minimum atomic E-state index is -1.18. The van der Waals surface area contributed by atoms with Gasteiger partial charge in [-0.1, -0.05) is 0 Å². The van der Waals surface area contributed by atoms with Crippen molar-refractivity contribution in [1.29, 1.82) is 0 Å². The van der Waals surface area contributed by atoms with E-state index < -0.39 is 5.97 Å². The molecule has 2 aromatic heterocycles. The zero-order valence-electron chi connectivity index (χ0n) is 8.30. The largest absolute Gasteiger partial charge is 0.476 e. The molecule has 0 aromatic carbocycles. The summed E-state index contributed by atoms with van der Waals surface area (Å²) in [4.78, 5) is 26.1. The molecule has 0 saturated carbocycles. The molecular formula is C8H8N6O2. The van der Waals surface area contributed by atoms with Crippen LogP contribution in [0.5, 0.6) is 0 Å². The number of nitrogens with zero attached hydrogens (tertiary/aromatic N) is 4. The molecule has 0 saturated heterocycles. The van der Waals surface area contributed by atoms with Crippen LogP contribution < -0.4 is 11.5 Å². The maximum absolute atomic E-state index is 10.8. The highest BCUT2D eigenvalue weighted by Crippen LogP contribution is 2.16. The van der Waals surface area contributed by atoms with Crippen molar-refractivity contribution in [2.45, 2.75) is 6.92 Å². The Kier molecular flexibility index (Phi) is 2.04. The fourth-order valence-corrected chi connectivity index (χ4v) is 1.27. The summed E-state index contributed by atoms with van der Waals surface area (Å²) in [6, 6.07) is 0. The molecule has 0 amide bonds. The van der Waals surface area contributed by atoms with E-state index in [-0.39, 0.29) is 34.3 Å². The zero-order valence-corrected chi connectivity index (χ0v) is 8.30. The Bertz CT molecular complexity index is 597. The predicted octanol–water partition coefficient (Wildman–Crippen LogP) is -0.409. The molecule has 2 aromatic rings. The minimum absolute atomic E-state index is 0.0116. The molecule has 5 N–H and O–H groups in total. The van der Waals surface area contributed by atoms with Gasteiger partial charge in [0.05, 0.1) is 5.69 Å². The number of aryl methyl sites for hydroxylation is 1. The second kappa shape index (κ2) is 3.26. The fraction of sp³-hybridized carbons (Fsp3) is 0.125. The van der Waals surface area contributed by atoms with E-state index in [4.69, 9.17) is 16.6 Å². The summed E-state index contributed by atoms with van der Waals surface area (Å²) < 4.78 is 0. The summed E-state index contributed by atoms with van der Waals surface area (Å²) in [5, 5.41) is 8.86. The van der Waals surface area contributed by atoms with Gasteiger partial charge in [0.2, 0.25) is 5.95 Å². The molecule has 0 bridgehead atoms. The quantitative estimate of drug-likeness (QED) is 0.588. The van der Waals surface area contributed by atoms with E-state index in [1.807, 2.05) is 0 Å². The van der Waals surface area contributed by atoms with Crippen molar-refractivity contribution in [3.05, 3.63) is 11.4 Å². The molecule has 0 radical (unpaired) electrons. The van der Waals surface area contributed by atoms with Crippen LogP contribution in [-0.4, -0.2) is 31.0 Å². The predicted molar refractivity (Wildman–Crippen MR) is 55.6 cm³/mol. The van der Waals surface area contributed by atoms with Crippen molar-refractivity contribution in [1.82, 2.24) is 19.9 Å². The smallest absolute Gasteiger partial charge is 0.356 e. The van der Waals surface area contributed by atoms with E-state index in [2.05, 4.69) is 19.9 Å².